The lowest BCUT2D eigenvalue weighted by molar-refractivity contribution is -0.274. The summed E-state index contributed by atoms with van der Waals surface area (Å²) in [5.74, 6) is -2.04. The molecular weight excluding hydrogens is 649 g/mol. The Balaban J connectivity index is 1.39. The van der Waals surface area contributed by atoms with Gasteiger partial charge in [-0.25, -0.2) is 14.6 Å². The summed E-state index contributed by atoms with van der Waals surface area (Å²) in [4.78, 5) is 42.7. The van der Waals surface area contributed by atoms with Crippen LogP contribution in [0.5, 0.6) is 5.75 Å². The predicted molar refractivity (Wildman–Crippen MR) is 174 cm³/mol. The van der Waals surface area contributed by atoms with Gasteiger partial charge in [0.1, 0.15) is 10.8 Å². The summed E-state index contributed by atoms with van der Waals surface area (Å²) in [6, 6.07) is 17.3. The first-order valence-electron chi connectivity index (χ1n) is 15.2. The Morgan fingerprint density at radius 3 is 2.33 bits per heavy atom. The van der Waals surface area contributed by atoms with Crippen LogP contribution in [-0.4, -0.2) is 52.1 Å². The molecule has 0 saturated heterocycles. The van der Waals surface area contributed by atoms with Gasteiger partial charge >= 0.3 is 18.4 Å². The van der Waals surface area contributed by atoms with Crippen molar-refractivity contribution in [3.63, 3.8) is 0 Å². The predicted octanol–water partition coefficient (Wildman–Crippen LogP) is 7.17. The first-order valence-corrected chi connectivity index (χ1v) is 16.1. The lowest BCUT2D eigenvalue weighted by Crippen LogP contribution is -2.36. The van der Waals surface area contributed by atoms with Gasteiger partial charge in [-0.3, -0.25) is 9.69 Å². The number of rotatable bonds is 11. The van der Waals surface area contributed by atoms with Gasteiger partial charge < -0.3 is 25.6 Å². The molecule has 1 aliphatic carbocycles. The molecule has 0 unspecified atom stereocenters. The fourth-order valence-corrected chi connectivity index (χ4v) is 6.16. The van der Waals surface area contributed by atoms with Gasteiger partial charge in [-0.1, -0.05) is 43.5 Å². The van der Waals surface area contributed by atoms with Crippen LogP contribution in [0.4, 0.5) is 29.3 Å². The molecule has 0 spiro atoms. The average Bonchev–Trinajstić information content (AvgIpc) is 3.62. The number of nitrogens with zero attached hydrogens (tertiary/aromatic N) is 2. The molecule has 3 aromatic carbocycles. The zero-order valence-electron chi connectivity index (χ0n) is 25.6. The van der Waals surface area contributed by atoms with E-state index in [1.165, 1.54) is 60.2 Å². The molecule has 48 heavy (non-hydrogen) atoms. The lowest BCUT2D eigenvalue weighted by Gasteiger charge is -2.26. The third kappa shape index (κ3) is 9.10. The van der Waals surface area contributed by atoms with Gasteiger partial charge in [0.15, 0.2) is 6.10 Å². The molecule has 4 N–H and O–H groups in total. The second kappa shape index (κ2) is 15.3. The fourth-order valence-electron chi connectivity index (χ4n) is 5.50. The molecule has 14 heteroatoms. The molecule has 0 radical (unpaired) electrons. The van der Waals surface area contributed by atoms with Crippen LogP contribution in [0.1, 0.15) is 59.5 Å². The second-order valence-electron chi connectivity index (χ2n) is 11.3. The van der Waals surface area contributed by atoms with Crippen molar-refractivity contribution in [3.8, 4) is 16.3 Å². The van der Waals surface area contributed by atoms with Crippen molar-refractivity contribution in [1.82, 2.24) is 10.3 Å². The summed E-state index contributed by atoms with van der Waals surface area (Å²) < 4.78 is 43.6. The molecule has 4 aromatic rings. The molecule has 1 fully saturated rings. The smallest absolute Gasteiger partial charge is 0.479 e. The largest absolute Gasteiger partial charge is 0.573 e. The van der Waals surface area contributed by atoms with Crippen LogP contribution in [-0.2, 0) is 11.3 Å². The van der Waals surface area contributed by atoms with Crippen LogP contribution < -0.4 is 20.3 Å². The number of aliphatic hydroxyl groups excluding tert-OH is 1. The highest BCUT2D eigenvalue weighted by Gasteiger charge is 2.33. The zero-order chi connectivity index (χ0) is 34.3. The highest BCUT2D eigenvalue weighted by molar-refractivity contribution is 7.13. The number of alkyl halides is 3. The molecule has 3 amide bonds. The number of aromatic nitrogens is 1. The maximum Gasteiger partial charge on any atom is 0.573 e. The SMILES string of the molecule is O=C(NC[C@@H](O)C(=O)O)c1ccc(CN(C(=O)Nc2ccc(OC(F)(F)F)c(-c3nccs3)c2)c2ccc(C3CCCCC3)cc2)cc1. The number of aliphatic carboxylic acids is 1. The summed E-state index contributed by atoms with van der Waals surface area (Å²) in [5.41, 5.74) is 2.93. The van der Waals surface area contributed by atoms with Crippen LogP contribution >= 0.6 is 11.3 Å². The van der Waals surface area contributed by atoms with Gasteiger partial charge in [0.05, 0.1) is 18.7 Å². The maximum atomic E-state index is 13.8. The topological polar surface area (TPSA) is 141 Å². The van der Waals surface area contributed by atoms with Gasteiger partial charge in [-0.05, 0) is 72.4 Å². The fraction of sp³-hybridized carbons (Fsp3) is 0.294. The van der Waals surface area contributed by atoms with Crippen molar-refractivity contribution in [2.45, 2.75) is 57.0 Å². The molecule has 0 bridgehead atoms. The molecule has 252 valence electrons. The molecule has 5 rings (SSSR count). The van der Waals surface area contributed by atoms with Gasteiger partial charge in [-0.15, -0.1) is 24.5 Å². The van der Waals surface area contributed by atoms with Crippen molar-refractivity contribution in [2.75, 3.05) is 16.8 Å². The quantitative estimate of drug-likeness (QED) is 0.131. The van der Waals surface area contributed by atoms with E-state index in [0.29, 0.717) is 17.2 Å². The number of ether oxygens (including phenoxy) is 1. The molecule has 0 aliphatic heterocycles. The number of thiazole rings is 1. The number of carbonyl (C=O) groups excluding carboxylic acids is 2. The number of hydrogen-bond acceptors (Lipinski definition) is 7. The Labute approximate surface area is 278 Å². The van der Waals surface area contributed by atoms with E-state index in [2.05, 4.69) is 20.4 Å². The third-order valence-corrected chi connectivity index (χ3v) is 8.75. The standard InChI is InChI=1S/C34H33F3N4O6S/c35-34(36,37)47-29-15-12-25(18-27(29)31-38-16-17-48-31)40-33(46)41(26-13-10-23(11-14-26)22-4-2-1-3-5-22)20-21-6-8-24(9-7-21)30(43)39-19-28(42)32(44)45/h6-18,22,28,42H,1-5,19-20H2,(H,39,43)(H,40,46)(H,44,45)/t28-/m1/s1. The zero-order valence-corrected chi connectivity index (χ0v) is 26.4. The van der Waals surface area contributed by atoms with Crippen molar-refractivity contribution >= 4 is 40.6 Å². The number of carboxylic acid groups (broad SMARTS) is 1. The number of hydrogen-bond donors (Lipinski definition) is 4. The maximum absolute atomic E-state index is 13.8. The summed E-state index contributed by atoms with van der Waals surface area (Å²) in [7, 11) is 0. The van der Waals surface area contributed by atoms with Gasteiger partial charge in [0.25, 0.3) is 5.91 Å². The lowest BCUT2D eigenvalue weighted by atomic mass is 9.84. The van der Waals surface area contributed by atoms with E-state index < -0.39 is 42.7 Å². The first-order chi connectivity index (χ1) is 23.0. The van der Waals surface area contributed by atoms with Crippen LogP contribution in [0, 0.1) is 0 Å². The molecule has 10 nitrogen and oxygen atoms in total. The van der Waals surface area contributed by atoms with E-state index >= 15 is 0 Å². The Morgan fingerprint density at radius 2 is 1.71 bits per heavy atom. The highest BCUT2D eigenvalue weighted by atomic mass is 32.1. The number of carbonyl (C=O) groups is 3. The average molecular weight is 683 g/mol. The van der Waals surface area contributed by atoms with E-state index in [1.807, 2.05) is 24.3 Å². The summed E-state index contributed by atoms with van der Waals surface area (Å²) in [6.07, 6.45) is 0.568. The summed E-state index contributed by atoms with van der Waals surface area (Å²) in [6.45, 7) is -0.392. The van der Waals surface area contributed by atoms with E-state index in [9.17, 15) is 32.7 Å². The van der Waals surface area contributed by atoms with Crippen molar-refractivity contribution < 1.29 is 42.5 Å². The number of nitrogens with one attached hydrogen (secondary N) is 2. The number of amides is 3. The van der Waals surface area contributed by atoms with E-state index in [1.54, 1.807) is 17.5 Å². The molecule has 1 saturated carbocycles. The van der Waals surface area contributed by atoms with Crippen LogP contribution in [0.3, 0.4) is 0 Å². The van der Waals surface area contributed by atoms with Crippen molar-refractivity contribution in [2.24, 2.45) is 0 Å². The number of urea groups is 1. The number of carboxylic acids is 1. The first kappa shape index (κ1) is 34.4. The number of anilines is 2. The minimum absolute atomic E-state index is 0.0632. The van der Waals surface area contributed by atoms with Gasteiger partial charge in [-0.2, -0.15) is 0 Å². The third-order valence-electron chi connectivity index (χ3n) is 7.94. The number of aliphatic hydroxyl groups is 1. The van der Waals surface area contributed by atoms with Crippen molar-refractivity contribution in [3.05, 3.63) is 95.0 Å². The molecule has 1 atom stereocenters. The second-order valence-corrected chi connectivity index (χ2v) is 12.2. The minimum atomic E-state index is -4.92. The Hall–Kier alpha value is -4.95. The van der Waals surface area contributed by atoms with E-state index in [4.69, 9.17) is 5.11 Å². The molecule has 1 aromatic heterocycles. The van der Waals surface area contributed by atoms with Crippen LogP contribution in [0.25, 0.3) is 10.6 Å². The normalized spacial score (nSPS) is 14.2. The van der Waals surface area contributed by atoms with Crippen LogP contribution in [0.2, 0.25) is 0 Å². The Morgan fingerprint density at radius 1 is 1.00 bits per heavy atom. The number of halogens is 3. The van der Waals surface area contributed by atoms with Crippen LogP contribution in [0.15, 0.2) is 78.3 Å². The Bertz CT molecular complexity index is 1710. The van der Waals surface area contributed by atoms with Gasteiger partial charge in [0.2, 0.25) is 0 Å². The summed E-state index contributed by atoms with van der Waals surface area (Å²) >= 11 is 1.12. The van der Waals surface area contributed by atoms with E-state index in [-0.39, 0.29) is 28.4 Å². The van der Waals surface area contributed by atoms with E-state index in [0.717, 1.165) is 30.2 Å². The van der Waals surface area contributed by atoms with Gasteiger partial charge in [0, 0.05) is 28.5 Å². The molecule has 1 aliphatic rings. The Kier molecular flexibility index (Phi) is 11.0. The number of benzene rings is 3. The molecule has 1 heterocycles. The molecular formula is C34H33F3N4O6S. The monoisotopic (exact) mass is 682 g/mol. The minimum Gasteiger partial charge on any atom is -0.479 e. The summed E-state index contributed by atoms with van der Waals surface area (Å²) in [5, 5.41) is 25.3. The van der Waals surface area contributed by atoms with Crippen molar-refractivity contribution in [1.29, 1.82) is 0 Å². The highest BCUT2D eigenvalue weighted by Crippen LogP contribution is 2.37.